The van der Waals surface area contributed by atoms with E-state index in [-0.39, 0.29) is 5.60 Å². The Balaban J connectivity index is 1.52. The molecule has 1 aliphatic rings. The number of hydrogen-bond donors (Lipinski definition) is 0. The number of ether oxygens (including phenoxy) is 2. The molecule has 0 aromatic heterocycles. The summed E-state index contributed by atoms with van der Waals surface area (Å²) in [6, 6.07) is 10.4. The van der Waals surface area contributed by atoms with Crippen LogP contribution >= 0.6 is 0 Å². The van der Waals surface area contributed by atoms with E-state index < -0.39 is 0 Å². The van der Waals surface area contributed by atoms with Crippen LogP contribution in [-0.2, 0) is 13.0 Å². The number of allylic oxidation sites excluding steroid dienone is 2. The van der Waals surface area contributed by atoms with Gasteiger partial charge >= 0.3 is 0 Å². The van der Waals surface area contributed by atoms with Crippen LogP contribution in [0.15, 0.2) is 42.0 Å². The first-order valence-electron chi connectivity index (χ1n) is 15.2. The molecule has 2 aromatic carbocycles. The highest BCUT2D eigenvalue weighted by Gasteiger charge is 2.34. The van der Waals surface area contributed by atoms with Crippen molar-refractivity contribution >= 4 is 0 Å². The molecule has 0 saturated heterocycles. The van der Waals surface area contributed by atoms with Crippen molar-refractivity contribution in [1.82, 2.24) is 0 Å². The Kier molecular flexibility index (Phi) is 11.4. The SMILES string of the molecule is C/C(=C/CCC1(C)CCc2c(C)c(OCc3ccccc3)c(C)c(C)c2O1)CCCC(C)CCCC(C)C. The molecule has 2 nitrogen and oxygen atoms in total. The highest BCUT2D eigenvalue weighted by molar-refractivity contribution is 5.59. The van der Waals surface area contributed by atoms with Crippen molar-refractivity contribution in [2.45, 2.75) is 132 Å². The Morgan fingerprint density at radius 1 is 0.974 bits per heavy atom. The first-order chi connectivity index (χ1) is 18.1. The zero-order chi connectivity index (χ0) is 27.7. The zero-order valence-corrected chi connectivity index (χ0v) is 25.7. The third-order valence-electron chi connectivity index (χ3n) is 8.70. The molecule has 0 radical (unpaired) electrons. The topological polar surface area (TPSA) is 18.5 Å². The summed E-state index contributed by atoms with van der Waals surface area (Å²) >= 11 is 0. The minimum absolute atomic E-state index is 0.106. The van der Waals surface area contributed by atoms with E-state index in [1.807, 2.05) is 6.07 Å². The molecule has 3 rings (SSSR count). The van der Waals surface area contributed by atoms with Gasteiger partial charge in [-0.25, -0.2) is 0 Å². The second-order valence-corrected chi connectivity index (χ2v) is 12.7. The second-order valence-electron chi connectivity index (χ2n) is 12.7. The zero-order valence-electron chi connectivity index (χ0n) is 25.7. The number of fused-ring (bicyclic) bond motifs is 1. The lowest BCUT2D eigenvalue weighted by Gasteiger charge is -2.38. The Hall–Kier alpha value is -2.22. The van der Waals surface area contributed by atoms with Gasteiger partial charge in [-0.3, -0.25) is 0 Å². The van der Waals surface area contributed by atoms with Crippen LogP contribution in [0, 0.1) is 32.6 Å². The van der Waals surface area contributed by atoms with Gasteiger partial charge in [0.05, 0.1) is 0 Å². The first-order valence-corrected chi connectivity index (χ1v) is 15.2. The Labute approximate surface area is 234 Å². The maximum atomic E-state index is 6.79. The molecule has 0 aliphatic carbocycles. The number of hydrogen-bond acceptors (Lipinski definition) is 2. The maximum Gasteiger partial charge on any atom is 0.127 e. The van der Waals surface area contributed by atoms with Gasteiger partial charge in [-0.2, -0.15) is 0 Å². The van der Waals surface area contributed by atoms with Gasteiger partial charge in [0.15, 0.2) is 0 Å². The molecule has 0 saturated carbocycles. The summed E-state index contributed by atoms with van der Waals surface area (Å²) in [4.78, 5) is 0. The molecule has 0 amide bonds. The predicted molar refractivity (Wildman–Crippen MR) is 163 cm³/mol. The molecule has 38 heavy (non-hydrogen) atoms. The fourth-order valence-corrected chi connectivity index (χ4v) is 5.88. The largest absolute Gasteiger partial charge is 0.488 e. The fraction of sp³-hybridized carbons (Fsp3) is 0.611. The minimum Gasteiger partial charge on any atom is -0.488 e. The Morgan fingerprint density at radius 3 is 2.39 bits per heavy atom. The standard InChI is InChI=1S/C36H54O2/c1-26(2)15-12-16-27(3)17-13-18-28(4)19-14-23-36(8)24-22-33-31(7)34(29(5)30(6)35(33)38-36)37-25-32-20-10-9-11-21-32/h9-11,19-21,26-27H,12-18,22-25H2,1-8H3/b28-19-. The van der Waals surface area contributed by atoms with E-state index in [0.717, 1.165) is 49.0 Å². The Morgan fingerprint density at radius 2 is 1.68 bits per heavy atom. The van der Waals surface area contributed by atoms with Gasteiger partial charge in [0.1, 0.15) is 23.7 Å². The minimum atomic E-state index is -0.106. The first kappa shape index (κ1) is 30.3. The van der Waals surface area contributed by atoms with E-state index in [4.69, 9.17) is 9.47 Å². The lowest BCUT2D eigenvalue weighted by atomic mass is 9.84. The van der Waals surface area contributed by atoms with Crippen molar-refractivity contribution in [3.05, 3.63) is 69.8 Å². The van der Waals surface area contributed by atoms with Crippen LogP contribution in [0.2, 0.25) is 0 Å². The van der Waals surface area contributed by atoms with Gasteiger partial charge in [0, 0.05) is 5.56 Å². The highest BCUT2D eigenvalue weighted by atomic mass is 16.5. The van der Waals surface area contributed by atoms with Gasteiger partial charge in [-0.05, 0) is 107 Å². The van der Waals surface area contributed by atoms with Crippen molar-refractivity contribution in [3.63, 3.8) is 0 Å². The second kappa shape index (κ2) is 14.2. The van der Waals surface area contributed by atoms with Crippen LogP contribution < -0.4 is 9.47 Å². The summed E-state index contributed by atoms with van der Waals surface area (Å²) in [5, 5.41) is 0. The summed E-state index contributed by atoms with van der Waals surface area (Å²) in [5.41, 5.74) is 7.65. The lowest BCUT2D eigenvalue weighted by molar-refractivity contribution is 0.0557. The summed E-state index contributed by atoms with van der Waals surface area (Å²) < 4.78 is 13.1. The average Bonchev–Trinajstić information content (AvgIpc) is 2.87. The third-order valence-corrected chi connectivity index (χ3v) is 8.70. The molecule has 0 bridgehead atoms. The molecule has 2 aromatic rings. The molecule has 1 heterocycles. The van der Waals surface area contributed by atoms with Gasteiger partial charge in [0.25, 0.3) is 0 Å². The van der Waals surface area contributed by atoms with Crippen molar-refractivity contribution in [3.8, 4) is 11.5 Å². The van der Waals surface area contributed by atoms with E-state index in [1.165, 1.54) is 66.3 Å². The van der Waals surface area contributed by atoms with E-state index in [9.17, 15) is 0 Å². The van der Waals surface area contributed by atoms with Crippen LogP contribution in [0.5, 0.6) is 11.5 Å². The number of benzene rings is 2. The van der Waals surface area contributed by atoms with Crippen LogP contribution in [0.4, 0.5) is 0 Å². The van der Waals surface area contributed by atoms with Crippen molar-refractivity contribution in [1.29, 1.82) is 0 Å². The van der Waals surface area contributed by atoms with Gasteiger partial charge in [-0.15, -0.1) is 0 Å². The molecule has 2 atom stereocenters. The van der Waals surface area contributed by atoms with E-state index in [0.29, 0.717) is 6.61 Å². The molecule has 0 spiro atoms. The van der Waals surface area contributed by atoms with Crippen LogP contribution in [0.3, 0.4) is 0 Å². The molecular formula is C36H54O2. The third kappa shape index (κ3) is 8.65. The van der Waals surface area contributed by atoms with Gasteiger partial charge in [-0.1, -0.05) is 88.4 Å². The van der Waals surface area contributed by atoms with Crippen molar-refractivity contribution < 1.29 is 9.47 Å². The van der Waals surface area contributed by atoms with E-state index in [2.05, 4.69) is 85.7 Å². The monoisotopic (exact) mass is 518 g/mol. The van der Waals surface area contributed by atoms with Crippen LogP contribution in [-0.4, -0.2) is 5.60 Å². The quantitative estimate of drug-likeness (QED) is 0.232. The average molecular weight is 519 g/mol. The van der Waals surface area contributed by atoms with Gasteiger partial charge < -0.3 is 9.47 Å². The smallest absolute Gasteiger partial charge is 0.127 e. The summed E-state index contributed by atoms with van der Waals surface area (Å²) in [7, 11) is 0. The fourth-order valence-electron chi connectivity index (χ4n) is 5.88. The maximum absolute atomic E-state index is 6.79. The van der Waals surface area contributed by atoms with Gasteiger partial charge in [0.2, 0.25) is 0 Å². The highest BCUT2D eigenvalue weighted by Crippen LogP contribution is 2.45. The van der Waals surface area contributed by atoms with E-state index >= 15 is 0 Å². The molecule has 2 heteroatoms. The Bertz CT molecular complexity index is 1050. The normalized spacial score (nSPS) is 18.3. The van der Waals surface area contributed by atoms with E-state index in [1.54, 1.807) is 5.57 Å². The summed E-state index contributed by atoms with van der Waals surface area (Å²) in [6.07, 6.45) is 14.8. The molecule has 0 N–H and O–H groups in total. The molecule has 1 aliphatic heterocycles. The molecule has 0 fully saturated rings. The van der Waals surface area contributed by atoms with Crippen molar-refractivity contribution in [2.75, 3.05) is 0 Å². The molecule has 2 unspecified atom stereocenters. The van der Waals surface area contributed by atoms with Crippen molar-refractivity contribution in [2.24, 2.45) is 11.8 Å². The van der Waals surface area contributed by atoms with Crippen LogP contribution in [0.25, 0.3) is 0 Å². The predicted octanol–water partition coefficient (Wildman–Crippen LogP) is 10.6. The lowest BCUT2D eigenvalue weighted by Crippen LogP contribution is -2.37. The summed E-state index contributed by atoms with van der Waals surface area (Å²) in [5.74, 6) is 3.83. The number of rotatable bonds is 14. The summed E-state index contributed by atoms with van der Waals surface area (Å²) in [6.45, 7) is 18.9. The molecule has 210 valence electrons. The van der Waals surface area contributed by atoms with Crippen LogP contribution in [0.1, 0.15) is 120 Å². The molecular weight excluding hydrogens is 464 g/mol.